The highest BCUT2D eigenvalue weighted by atomic mass is 32.1. The Morgan fingerprint density at radius 1 is 1.53 bits per heavy atom. The third-order valence-corrected chi connectivity index (χ3v) is 4.52. The van der Waals surface area contributed by atoms with Crippen LogP contribution in [0.25, 0.3) is 6.08 Å². The molecule has 0 saturated carbocycles. The number of nitrogens with zero attached hydrogens (tertiary/aromatic N) is 3. The lowest BCUT2D eigenvalue weighted by Crippen LogP contribution is -2.44. The first-order valence-corrected chi connectivity index (χ1v) is 6.69. The van der Waals surface area contributed by atoms with E-state index in [9.17, 15) is 4.79 Å². The fourth-order valence-corrected chi connectivity index (χ4v) is 3.66. The zero-order chi connectivity index (χ0) is 13.0. The highest BCUT2D eigenvalue weighted by Crippen LogP contribution is 2.40. The molecule has 3 aliphatic rings. The van der Waals surface area contributed by atoms with Crippen molar-refractivity contribution >= 4 is 34.3 Å². The van der Waals surface area contributed by atoms with Crippen molar-refractivity contribution in [2.75, 3.05) is 18.7 Å². The van der Waals surface area contributed by atoms with Crippen LogP contribution in [0.5, 0.6) is 0 Å². The number of carboxylic acid groups (broad SMARTS) is 1. The van der Waals surface area contributed by atoms with Gasteiger partial charge in [0.05, 0.1) is 12.1 Å². The second-order valence-corrected chi connectivity index (χ2v) is 5.54. The van der Waals surface area contributed by atoms with Crippen molar-refractivity contribution in [1.29, 1.82) is 0 Å². The molecule has 0 unspecified atom stereocenters. The Bertz CT molecular complexity index is 635. The number of anilines is 1. The summed E-state index contributed by atoms with van der Waals surface area (Å²) in [7, 11) is 0. The van der Waals surface area contributed by atoms with Crippen LogP contribution in [0.2, 0.25) is 0 Å². The number of thiophene rings is 1. The quantitative estimate of drug-likeness (QED) is 0.662. The number of hydrogen-bond donors (Lipinski definition) is 3. The minimum Gasteiger partial charge on any atom is -0.465 e. The first-order chi connectivity index (χ1) is 9.24. The molecule has 0 aliphatic carbocycles. The van der Waals surface area contributed by atoms with Crippen molar-refractivity contribution in [1.82, 2.24) is 15.3 Å². The minimum absolute atomic E-state index is 0.404. The van der Waals surface area contributed by atoms with E-state index in [0.29, 0.717) is 19.9 Å². The molecule has 0 atom stereocenters. The number of hydrazine groups is 1. The van der Waals surface area contributed by atoms with Crippen LogP contribution in [0.3, 0.4) is 0 Å². The number of rotatable bonds is 0. The van der Waals surface area contributed by atoms with Gasteiger partial charge in [-0.15, -0.1) is 11.3 Å². The summed E-state index contributed by atoms with van der Waals surface area (Å²) in [4.78, 5) is 17.8. The number of hydrogen-bond acceptors (Lipinski definition) is 6. The van der Waals surface area contributed by atoms with Gasteiger partial charge >= 0.3 is 6.09 Å². The van der Waals surface area contributed by atoms with Gasteiger partial charge < -0.3 is 10.4 Å². The van der Waals surface area contributed by atoms with Gasteiger partial charge in [0.2, 0.25) is 0 Å². The molecular weight excluding hydrogens is 266 g/mol. The van der Waals surface area contributed by atoms with E-state index in [2.05, 4.69) is 15.7 Å². The van der Waals surface area contributed by atoms with Crippen LogP contribution in [-0.2, 0) is 6.54 Å². The Labute approximate surface area is 112 Å². The lowest BCUT2D eigenvalue weighted by atomic mass is 10.1. The lowest BCUT2D eigenvalue weighted by Gasteiger charge is -2.26. The van der Waals surface area contributed by atoms with Gasteiger partial charge in [0.15, 0.2) is 5.84 Å². The van der Waals surface area contributed by atoms with Crippen molar-refractivity contribution in [3.63, 3.8) is 0 Å². The highest BCUT2D eigenvalue weighted by Gasteiger charge is 2.32. The molecule has 0 fully saturated rings. The predicted molar refractivity (Wildman–Crippen MR) is 71.8 cm³/mol. The lowest BCUT2D eigenvalue weighted by molar-refractivity contribution is 0.161. The summed E-state index contributed by atoms with van der Waals surface area (Å²) >= 11 is 1.61. The molecule has 98 valence electrons. The van der Waals surface area contributed by atoms with Crippen molar-refractivity contribution < 1.29 is 9.90 Å². The topological polar surface area (TPSA) is 80.2 Å². The molecule has 1 amide bonds. The molecule has 1 aromatic heterocycles. The van der Waals surface area contributed by atoms with Gasteiger partial charge in [-0.05, 0) is 6.08 Å². The molecule has 4 heterocycles. The minimum atomic E-state index is -0.928. The van der Waals surface area contributed by atoms with Crippen LogP contribution in [0.4, 0.5) is 9.80 Å². The molecule has 7 nitrogen and oxygen atoms in total. The van der Waals surface area contributed by atoms with Gasteiger partial charge in [-0.1, -0.05) is 0 Å². The standard InChI is InChI=1S/C11H11N5O2S/c17-11(18)15-2-1-6-7(3-15)19-10-8(6)9-12-4-14-16(9)5-13-10/h1-2,13-14H,3-5H2,(H,17,18). The number of amidine groups is 1. The van der Waals surface area contributed by atoms with Crippen molar-refractivity contribution in [2.45, 2.75) is 6.54 Å². The Kier molecular flexibility index (Phi) is 2.12. The third-order valence-electron chi connectivity index (χ3n) is 3.37. The van der Waals surface area contributed by atoms with Crippen LogP contribution in [0.1, 0.15) is 16.0 Å². The largest absolute Gasteiger partial charge is 0.465 e. The van der Waals surface area contributed by atoms with Crippen LogP contribution < -0.4 is 10.7 Å². The first-order valence-electron chi connectivity index (χ1n) is 5.87. The van der Waals surface area contributed by atoms with E-state index in [4.69, 9.17) is 5.11 Å². The Morgan fingerprint density at radius 3 is 3.26 bits per heavy atom. The van der Waals surface area contributed by atoms with Crippen molar-refractivity contribution in [2.24, 2.45) is 4.99 Å². The van der Waals surface area contributed by atoms with Gasteiger partial charge in [-0.2, -0.15) is 0 Å². The Morgan fingerprint density at radius 2 is 2.42 bits per heavy atom. The summed E-state index contributed by atoms with van der Waals surface area (Å²) in [6.07, 6.45) is 2.54. The molecule has 0 bridgehead atoms. The summed E-state index contributed by atoms with van der Waals surface area (Å²) in [5, 5.41) is 15.4. The molecule has 8 heteroatoms. The second kappa shape index (κ2) is 3.72. The zero-order valence-electron chi connectivity index (χ0n) is 9.88. The number of aliphatic imine (C=N–C) groups is 1. The first kappa shape index (κ1) is 10.8. The zero-order valence-corrected chi connectivity index (χ0v) is 10.7. The van der Waals surface area contributed by atoms with E-state index >= 15 is 0 Å². The molecule has 4 rings (SSSR count). The van der Waals surface area contributed by atoms with Crippen molar-refractivity contribution in [3.8, 4) is 0 Å². The predicted octanol–water partition coefficient (Wildman–Crippen LogP) is 1.12. The molecule has 0 spiro atoms. The number of fused-ring (bicyclic) bond motifs is 5. The smallest absolute Gasteiger partial charge is 0.411 e. The van der Waals surface area contributed by atoms with E-state index in [0.717, 1.165) is 26.8 Å². The van der Waals surface area contributed by atoms with E-state index in [1.807, 2.05) is 11.1 Å². The monoisotopic (exact) mass is 277 g/mol. The average molecular weight is 277 g/mol. The molecule has 19 heavy (non-hydrogen) atoms. The molecule has 0 saturated heterocycles. The van der Waals surface area contributed by atoms with Crippen LogP contribution >= 0.6 is 11.3 Å². The fraction of sp³-hybridized carbons (Fsp3) is 0.273. The maximum atomic E-state index is 11.0. The van der Waals surface area contributed by atoms with E-state index in [-0.39, 0.29) is 0 Å². The van der Waals surface area contributed by atoms with Crippen LogP contribution in [0, 0.1) is 0 Å². The molecule has 0 radical (unpaired) electrons. The van der Waals surface area contributed by atoms with Gasteiger partial charge in [0.1, 0.15) is 18.3 Å². The maximum absolute atomic E-state index is 11.0. The maximum Gasteiger partial charge on any atom is 0.411 e. The summed E-state index contributed by atoms with van der Waals surface area (Å²) in [6, 6.07) is 0. The van der Waals surface area contributed by atoms with Crippen LogP contribution in [0.15, 0.2) is 11.2 Å². The van der Waals surface area contributed by atoms with Crippen molar-refractivity contribution in [3.05, 3.63) is 22.2 Å². The summed E-state index contributed by atoms with van der Waals surface area (Å²) in [5.74, 6) is 0.944. The Hall–Kier alpha value is -2.06. The molecule has 1 aromatic rings. The molecule has 3 N–H and O–H groups in total. The number of amides is 1. The summed E-state index contributed by atoms with van der Waals surface area (Å²) in [5.41, 5.74) is 5.33. The molecular formula is C11H11N5O2S. The van der Waals surface area contributed by atoms with Gasteiger partial charge in [0.25, 0.3) is 0 Å². The Balaban J connectivity index is 1.82. The van der Waals surface area contributed by atoms with Gasteiger partial charge in [-0.25, -0.2) is 15.2 Å². The summed E-state index contributed by atoms with van der Waals surface area (Å²) in [6.45, 7) is 1.67. The average Bonchev–Trinajstić information content (AvgIpc) is 3.00. The number of carbonyl (C=O) groups is 1. The fourth-order valence-electron chi connectivity index (χ4n) is 2.49. The van der Waals surface area contributed by atoms with Gasteiger partial charge in [-0.3, -0.25) is 9.91 Å². The molecule has 3 aliphatic heterocycles. The van der Waals surface area contributed by atoms with Gasteiger partial charge in [0, 0.05) is 16.6 Å². The third kappa shape index (κ3) is 1.47. The number of nitrogens with one attached hydrogen (secondary N) is 2. The van der Waals surface area contributed by atoms with E-state index in [1.165, 1.54) is 4.90 Å². The highest BCUT2D eigenvalue weighted by molar-refractivity contribution is 7.17. The second-order valence-electron chi connectivity index (χ2n) is 4.43. The summed E-state index contributed by atoms with van der Waals surface area (Å²) < 4.78 is 0. The van der Waals surface area contributed by atoms with Crippen LogP contribution in [-0.4, -0.2) is 40.3 Å². The molecule has 0 aromatic carbocycles. The SMILES string of the molecule is O=C(O)N1C=Cc2c(sc3c2C2=NCNN2CN3)C1. The van der Waals surface area contributed by atoms with E-state index < -0.39 is 6.09 Å². The van der Waals surface area contributed by atoms with E-state index in [1.54, 1.807) is 17.5 Å². The normalized spacial score (nSPS) is 19.5.